The highest BCUT2D eigenvalue weighted by Crippen LogP contribution is 2.30. The zero-order valence-corrected chi connectivity index (χ0v) is 31.8. The number of nitrogens with one attached hydrogen (secondary N) is 2. The van der Waals surface area contributed by atoms with Gasteiger partial charge in [0, 0.05) is 43.7 Å². The fourth-order valence-corrected chi connectivity index (χ4v) is 5.12. The molecule has 0 aliphatic heterocycles. The number of amides is 2. The summed E-state index contributed by atoms with van der Waals surface area (Å²) in [5.41, 5.74) is 0.0825. The van der Waals surface area contributed by atoms with Crippen LogP contribution in [-0.2, 0) is 19.6 Å². The van der Waals surface area contributed by atoms with E-state index in [1.165, 1.54) is 43.2 Å². The van der Waals surface area contributed by atoms with Crippen LogP contribution in [0.15, 0.2) is 59.7 Å². The van der Waals surface area contributed by atoms with Crippen molar-refractivity contribution in [3.63, 3.8) is 0 Å². The molecule has 2 N–H and O–H groups in total. The van der Waals surface area contributed by atoms with Crippen LogP contribution in [0.2, 0.25) is 10.0 Å². The van der Waals surface area contributed by atoms with Crippen molar-refractivity contribution >= 4 is 35.0 Å². The Morgan fingerprint density at radius 1 is 0.868 bits per heavy atom. The number of carbonyl (C=O) groups excluding carboxylic acids is 2. The third kappa shape index (κ3) is 12.1. The Morgan fingerprint density at radius 3 is 2.11 bits per heavy atom. The molecule has 0 unspecified atom stereocenters. The summed E-state index contributed by atoms with van der Waals surface area (Å²) in [6.45, 7) is 8.69. The number of benzene rings is 2. The summed E-state index contributed by atoms with van der Waals surface area (Å²) in [7, 11) is 2.62. The van der Waals surface area contributed by atoms with E-state index in [-0.39, 0.29) is 63.1 Å². The quantitative estimate of drug-likeness (QED) is 0.141. The maximum Gasteiger partial charge on any atom is 0.264 e. The normalized spacial score (nSPS) is 11.8. The highest BCUT2D eigenvalue weighted by atomic mass is 35.5. The molecule has 1 aliphatic carbocycles. The smallest absolute Gasteiger partial charge is 0.264 e. The predicted molar refractivity (Wildman–Crippen MR) is 198 cm³/mol. The van der Waals surface area contributed by atoms with E-state index in [1.54, 1.807) is 18.3 Å². The van der Waals surface area contributed by atoms with Crippen molar-refractivity contribution in [2.45, 2.75) is 60.2 Å². The van der Waals surface area contributed by atoms with Crippen molar-refractivity contribution in [3.8, 4) is 17.4 Å². The van der Waals surface area contributed by atoms with Gasteiger partial charge in [0.15, 0.2) is 23.1 Å². The number of carbonyl (C=O) groups is 2. The first kappa shape index (κ1) is 42.7. The lowest BCUT2D eigenvalue weighted by Crippen LogP contribution is -2.33. The summed E-state index contributed by atoms with van der Waals surface area (Å²) >= 11 is 12.1. The van der Waals surface area contributed by atoms with E-state index in [4.69, 9.17) is 37.4 Å². The van der Waals surface area contributed by atoms with Crippen LogP contribution in [0, 0.1) is 29.3 Å². The van der Waals surface area contributed by atoms with E-state index in [1.807, 2.05) is 27.7 Å². The second-order valence-electron chi connectivity index (χ2n) is 12.0. The van der Waals surface area contributed by atoms with Gasteiger partial charge in [-0.3, -0.25) is 14.4 Å². The summed E-state index contributed by atoms with van der Waals surface area (Å²) in [4.78, 5) is 41.4. The third-order valence-corrected chi connectivity index (χ3v) is 8.20. The first-order valence-electron chi connectivity index (χ1n) is 16.9. The summed E-state index contributed by atoms with van der Waals surface area (Å²) in [5, 5.41) is 5.37. The van der Waals surface area contributed by atoms with Crippen molar-refractivity contribution < 1.29 is 37.0 Å². The predicted octanol–water partition coefficient (Wildman–Crippen LogP) is 8.00. The molecule has 0 bridgehead atoms. The standard InChI is InChI=1S/C18H19ClF2N2O3.C18H18ClFN2O3.C2H6/c1-10(2)9-26-18-16(12(19)4-5-22-18)17(24)23-8-11-6-14(21)15(25-3)7-13(11)20;1-25-15-5-4-12(8-14(15)20)9-21-17(23)16-13(19)6-7-22(18(16)24)10-11-2-3-11;1-2/h4-7,10H,8-9H2,1-3H3,(H,23,24);4-8,11H,2-3,9-10H2,1H3,(H,21,23);1-2H3. The number of pyridine rings is 2. The van der Waals surface area contributed by atoms with Crippen LogP contribution in [0.3, 0.4) is 0 Å². The van der Waals surface area contributed by atoms with Crippen LogP contribution in [0.4, 0.5) is 13.2 Å². The summed E-state index contributed by atoms with van der Waals surface area (Å²) in [6, 6.07) is 9.28. The van der Waals surface area contributed by atoms with Gasteiger partial charge in [0.05, 0.1) is 30.9 Å². The summed E-state index contributed by atoms with van der Waals surface area (Å²) < 4.78 is 58.0. The topological polar surface area (TPSA) is 121 Å². The molecule has 4 aromatic rings. The monoisotopic (exact) mass is 778 g/mol. The first-order chi connectivity index (χ1) is 25.3. The van der Waals surface area contributed by atoms with Gasteiger partial charge in [-0.2, -0.15) is 0 Å². The van der Waals surface area contributed by atoms with E-state index in [0.29, 0.717) is 24.6 Å². The molecule has 15 heteroatoms. The van der Waals surface area contributed by atoms with E-state index >= 15 is 0 Å². The van der Waals surface area contributed by atoms with Crippen LogP contribution >= 0.6 is 23.2 Å². The van der Waals surface area contributed by atoms with Gasteiger partial charge in [-0.05, 0) is 60.6 Å². The molecular formula is C38H43Cl2F3N4O6. The number of hydrogen-bond donors (Lipinski definition) is 2. The Kier molecular flexibility index (Phi) is 16.5. The number of halogens is 5. The molecule has 10 nitrogen and oxygen atoms in total. The van der Waals surface area contributed by atoms with Gasteiger partial charge in [0.25, 0.3) is 17.4 Å². The maximum absolute atomic E-state index is 14.0. The Hall–Kier alpha value is -4.75. The van der Waals surface area contributed by atoms with Gasteiger partial charge in [-0.15, -0.1) is 0 Å². The number of rotatable bonds is 13. The minimum absolute atomic E-state index is 0.0266. The minimum atomic E-state index is -0.724. The molecule has 2 amide bonds. The van der Waals surface area contributed by atoms with Crippen molar-refractivity contribution in [2.75, 3.05) is 20.8 Å². The van der Waals surface area contributed by atoms with E-state index in [0.717, 1.165) is 25.0 Å². The van der Waals surface area contributed by atoms with E-state index < -0.39 is 34.8 Å². The van der Waals surface area contributed by atoms with Crippen molar-refractivity contribution in [3.05, 3.63) is 115 Å². The van der Waals surface area contributed by atoms with Gasteiger partial charge >= 0.3 is 0 Å². The molecule has 2 aromatic carbocycles. The fraction of sp³-hybridized carbons (Fsp3) is 0.368. The van der Waals surface area contributed by atoms with Gasteiger partial charge in [-0.25, -0.2) is 18.2 Å². The van der Waals surface area contributed by atoms with Crippen LogP contribution in [0.25, 0.3) is 0 Å². The largest absolute Gasteiger partial charge is 0.494 e. The van der Waals surface area contributed by atoms with E-state index in [9.17, 15) is 27.6 Å². The number of methoxy groups -OCH3 is 2. The number of nitrogens with zero attached hydrogens (tertiary/aromatic N) is 2. The Balaban J connectivity index is 0.000000273. The van der Waals surface area contributed by atoms with Crippen LogP contribution in [0.5, 0.6) is 17.4 Å². The first-order valence-corrected chi connectivity index (χ1v) is 17.6. The molecule has 0 spiro atoms. The average molecular weight is 780 g/mol. The van der Waals surface area contributed by atoms with E-state index in [2.05, 4.69) is 15.6 Å². The molecule has 1 saturated carbocycles. The highest BCUT2D eigenvalue weighted by molar-refractivity contribution is 6.34. The Bertz CT molecular complexity index is 1940. The molecule has 1 aliphatic rings. The molecule has 0 radical (unpaired) electrons. The Morgan fingerprint density at radius 2 is 1.49 bits per heavy atom. The lowest BCUT2D eigenvalue weighted by molar-refractivity contribution is 0.0938. The minimum Gasteiger partial charge on any atom is -0.494 e. The van der Waals surface area contributed by atoms with Gasteiger partial charge in [-0.1, -0.05) is 57.0 Å². The lowest BCUT2D eigenvalue weighted by atomic mass is 10.1. The number of aromatic nitrogens is 2. The SMILES string of the molecule is CC.COc1cc(F)c(CNC(=O)c2c(Cl)ccnc2OCC(C)C)cc1F.COc1ccc(CNC(=O)c2c(Cl)ccn(CC3CC3)c2=O)cc1F. The Labute approximate surface area is 316 Å². The zero-order chi connectivity index (χ0) is 39.2. The van der Waals surface area contributed by atoms with Crippen LogP contribution in [0.1, 0.15) is 72.4 Å². The molecular weight excluding hydrogens is 736 g/mol. The molecule has 2 aromatic heterocycles. The third-order valence-electron chi connectivity index (χ3n) is 7.57. The maximum atomic E-state index is 14.0. The van der Waals surface area contributed by atoms with Crippen molar-refractivity contribution in [2.24, 2.45) is 11.8 Å². The highest BCUT2D eigenvalue weighted by Gasteiger charge is 2.24. The van der Waals surface area contributed by atoms with Crippen LogP contribution < -0.4 is 30.4 Å². The summed E-state index contributed by atoms with van der Waals surface area (Å²) in [5.74, 6) is -2.38. The average Bonchev–Trinajstić information content (AvgIpc) is 3.96. The van der Waals surface area contributed by atoms with Gasteiger partial charge < -0.3 is 29.4 Å². The number of ether oxygens (including phenoxy) is 3. The van der Waals surface area contributed by atoms with Crippen molar-refractivity contribution in [1.82, 2.24) is 20.2 Å². The number of hydrogen-bond acceptors (Lipinski definition) is 7. The second-order valence-corrected chi connectivity index (χ2v) is 12.8. The molecule has 53 heavy (non-hydrogen) atoms. The molecule has 286 valence electrons. The van der Waals surface area contributed by atoms with Gasteiger partial charge in [0.1, 0.15) is 16.9 Å². The van der Waals surface area contributed by atoms with Crippen LogP contribution in [-0.4, -0.2) is 42.2 Å². The zero-order valence-electron chi connectivity index (χ0n) is 30.3. The summed E-state index contributed by atoms with van der Waals surface area (Å²) in [6.07, 6.45) is 5.23. The lowest BCUT2D eigenvalue weighted by Gasteiger charge is -2.13. The second kappa shape index (κ2) is 20.5. The fourth-order valence-electron chi connectivity index (χ4n) is 4.68. The molecule has 1 fully saturated rings. The molecule has 5 rings (SSSR count). The molecule has 2 heterocycles. The van der Waals surface area contributed by atoms with Crippen molar-refractivity contribution in [1.29, 1.82) is 0 Å². The molecule has 0 atom stereocenters. The van der Waals surface area contributed by atoms with Gasteiger partial charge in [0.2, 0.25) is 5.88 Å². The molecule has 0 saturated heterocycles.